The summed E-state index contributed by atoms with van der Waals surface area (Å²) < 4.78 is 0. The van der Waals surface area contributed by atoms with Crippen molar-refractivity contribution in [1.82, 2.24) is 4.90 Å². The van der Waals surface area contributed by atoms with Crippen molar-refractivity contribution < 1.29 is 5.11 Å². The summed E-state index contributed by atoms with van der Waals surface area (Å²) in [5, 5.41) is 9.00. The first-order valence-electron chi connectivity index (χ1n) is 8.90. The van der Waals surface area contributed by atoms with Gasteiger partial charge in [0.1, 0.15) is 6.17 Å². The van der Waals surface area contributed by atoms with Crippen LogP contribution in [-0.4, -0.2) is 42.1 Å². The van der Waals surface area contributed by atoms with Crippen LogP contribution in [0.25, 0.3) is 0 Å². The van der Waals surface area contributed by atoms with E-state index in [9.17, 15) is 0 Å². The topological polar surface area (TPSA) is 35.8 Å². The Morgan fingerprint density at radius 1 is 1.10 bits per heavy atom. The standard InChI is InChI=1S/C18H34N2O/c1-2-3-4-5-6-7-8-9-10-11-12-13-18-19-14-15-20(18)16-17-21/h9-10,14,18,21H,2-8,11-13,15-17H2,1H3/b10-9+. The minimum absolute atomic E-state index is 0.234. The molecule has 21 heavy (non-hydrogen) atoms. The fourth-order valence-electron chi connectivity index (χ4n) is 2.81. The van der Waals surface area contributed by atoms with E-state index in [0.717, 1.165) is 25.9 Å². The zero-order valence-electron chi connectivity index (χ0n) is 13.8. The second-order valence-corrected chi connectivity index (χ2v) is 5.99. The van der Waals surface area contributed by atoms with Gasteiger partial charge in [-0.1, -0.05) is 51.2 Å². The van der Waals surface area contributed by atoms with Gasteiger partial charge in [0.2, 0.25) is 0 Å². The number of nitrogens with zero attached hydrogens (tertiary/aromatic N) is 2. The zero-order valence-corrected chi connectivity index (χ0v) is 13.8. The molecule has 0 aliphatic carbocycles. The Balaban J connectivity index is 1.91. The van der Waals surface area contributed by atoms with E-state index in [2.05, 4.69) is 29.0 Å². The van der Waals surface area contributed by atoms with Crippen LogP contribution in [0.15, 0.2) is 17.1 Å². The number of aliphatic imine (C=N–C) groups is 1. The maximum atomic E-state index is 9.00. The van der Waals surface area contributed by atoms with Gasteiger partial charge in [-0.05, 0) is 32.1 Å². The van der Waals surface area contributed by atoms with Crippen molar-refractivity contribution in [3.05, 3.63) is 12.2 Å². The monoisotopic (exact) mass is 294 g/mol. The molecule has 0 bridgehead atoms. The van der Waals surface area contributed by atoms with Crippen LogP contribution in [0.2, 0.25) is 0 Å². The molecule has 1 heterocycles. The molecule has 1 atom stereocenters. The molecule has 122 valence electrons. The van der Waals surface area contributed by atoms with E-state index < -0.39 is 0 Å². The van der Waals surface area contributed by atoms with Gasteiger partial charge in [0.25, 0.3) is 0 Å². The van der Waals surface area contributed by atoms with Crippen LogP contribution < -0.4 is 0 Å². The number of aliphatic hydroxyl groups excluding tert-OH is 1. The lowest BCUT2D eigenvalue weighted by Crippen LogP contribution is -2.32. The van der Waals surface area contributed by atoms with Crippen LogP contribution in [0.3, 0.4) is 0 Å². The number of aliphatic hydroxyl groups is 1. The smallest absolute Gasteiger partial charge is 0.102 e. The third kappa shape index (κ3) is 9.05. The molecule has 0 amide bonds. The van der Waals surface area contributed by atoms with Crippen LogP contribution in [0.4, 0.5) is 0 Å². The minimum atomic E-state index is 0.234. The van der Waals surface area contributed by atoms with Crippen LogP contribution in [0.5, 0.6) is 0 Å². The first-order chi connectivity index (χ1) is 10.4. The van der Waals surface area contributed by atoms with E-state index in [-0.39, 0.29) is 6.61 Å². The van der Waals surface area contributed by atoms with Gasteiger partial charge in [-0.25, -0.2) is 0 Å². The number of hydrogen-bond donors (Lipinski definition) is 1. The van der Waals surface area contributed by atoms with Crippen molar-refractivity contribution in [3.8, 4) is 0 Å². The summed E-state index contributed by atoms with van der Waals surface area (Å²) in [5.74, 6) is 0. The minimum Gasteiger partial charge on any atom is -0.395 e. The van der Waals surface area contributed by atoms with Crippen molar-refractivity contribution in [3.63, 3.8) is 0 Å². The third-order valence-corrected chi connectivity index (χ3v) is 4.13. The van der Waals surface area contributed by atoms with Gasteiger partial charge in [0.15, 0.2) is 0 Å². The van der Waals surface area contributed by atoms with Crippen LogP contribution in [0, 0.1) is 0 Å². The Kier molecular flexibility index (Phi) is 11.4. The van der Waals surface area contributed by atoms with E-state index >= 15 is 0 Å². The van der Waals surface area contributed by atoms with E-state index in [1.54, 1.807) is 0 Å². The summed E-state index contributed by atoms with van der Waals surface area (Å²) >= 11 is 0. The Hall–Kier alpha value is -0.670. The maximum Gasteiger partial charge on any atom is 0.102 e. The first kappa shape index (κ1) is 18.4. The zero-order chi connectivity index (χ0) is 15.2. The molecule has 0 saturated carbocycles. The molecule has 0 aromatic heterocycles. The van der Waals surface area contributed by atoms with Crippen LogP contribution in [0.1, 0.15) is 71.1 Å². The second-order valence-electron chi connectivity index (χ2n) is 5.99. The van der Waals surface area contributed by atoms with Crippen molar-refractivity contribution in [2.45, 2.75) is 77.3 Å². The van der Waals surface area contributed by atoms with Gasteiger partial charge in [0, 0.05) is 19.3 Å². The number of rotatable bonds is 13. The van der Waals surface area contributed by atoms with E-state index in [4.69, 9.17) is 5.11 Å². The Morgan fingerprint density at radius 2 is 1.81 bits per heavy atom. The molecule has 0 radical (unpaired) electrons. The van der Waals surface area contributed by atoms with Crippen molar-refractivity contribution in [2.75, 3.05) is 19.7 Å². The van der Waals surface area contributed by atoms with Gasteiger partial charge in [-0.15, -0.1) is 0 Å². The lowest BCUT2D eigenvalue weighted by atomic mass is 10.1. The van der Waals surface area contributed by atoms with Gasteiger partial charge in [-0.3, -0.25) is 9.89 Å². The highest BCUT2D eigenvalue weighted by Gasteiger charge is 2.19. The van der Waals surface area contributed by atoms with E-state index in [1.165, 1.54) is 51.4 Å². The number of hydrogen-bond acceptors (Lipinski definition) is 3. The molecule has 3 heteroatoms. The Morgan fingerprint density at radius 3 is 2.57 bits per heavy atom. The molecule has 1 N–H and O–H groups in total. The molecule has 1 rings (SSSR count). The summed E-state index contributed by atoms with van der Waals surface area (Å²) in [4.78, 5) is 6.73. The lowest BCUT2D eigenvalue weighted by molar-refractivity contribution is 0.177. The predicted octanol–water partition coefficient (Wildman–Crippen LogP) is 4.17. The third-order valence-electron chi connectivity index (χ3n) is 4.13. The summed E-state index contributed by atoms with van der Waals surface area (Å²) in [6.07, 6.45) is 20.0. The molecule has 1 unspecified atom stereocenters. The average molecular weight is 294 g/mol. The average Bonchev–Trinajstić information content (AvgIpc) is 2.92. The summed E-state index contributed by atoms with van der Waals surface area (Å²) in [6.45, 7) is 4.15. The Labute approximate surface area is 131 Å². The summed E-state index contributed by atoms with van der Waals surface area (Å²) in [7, 11) is 0. The van der Waals surface area contributed by atoms with Gasteiger partial charge in [-0.2, -0.15) is 0 Å². The van der Waals surface area contributed by atoms with Crippen molar-refractivity contribution in [2.24, 2.45) is 4.99 Å². The summed E-state index contributed by atoms with van der Waals surface area (Å²) in [5.41, 5.74) is 0. The Bertz CT molecular complexity index is 289. The number of β-amino-alcohol motifs (C(OH)–C–C–N with tert-alkyl or cyclic N) is 1. The molecule has 0 fully saturated rings. The van der Waals surface area contributed by atoms with Crippen molar-refractivity contribution >= 4 is 6.21 Å². The number of allylic oxidation sites excluding steroid dienone is 2. The second kappa shape index (κ2) is 13.0. The van der Waals surface area contributed by atoms with Crippen LogP contribution >= 0.6 is 0 Å². The molecule has 1 aliphatic rings. The molecule has 3 nitrogen and oxygen atoms in total. The normalized spacial score (nSPS) is 19.0. The fraction of sp³-hybridized carbons (Fsp3) is 0.833. The molecule has 0 aromatic carbocycles. The highest BCUT2D eigenvalue weighted by molar-refractivity contribution is 5.62. The molecular weight excluding hydrogens is 260 g/mol. The quantitative estimate of drug-likeness (QED) is 0.409. The summed E-state index contributed by atoms with van der Waals surface area (Å²) in [6, 6.07) is 0. The van der Waals surface area contributed by atoms with Gasteiger partial charge in [0.05, 0.1) is 6.61 Å². The predicted molar refractivity (Wildman–Crippen MR) is 91.9 cm³/mol. The van der Waals surface area contributed by atoms with E-state index in [1.807, 2.05) is 6.21 Å². The number of unbranched alkanes of at least 4 members (excludes halogenated alkanes) is 7. The first-order valence-corrected chi connectivity index (χ1v) is 8.90. The largest absolute Gasteiger partial charge is 0.395 e. The molecule has 0 aromatic rings. The van der Waals surface area contributed by atoms with Gasteiger partial charge < -0.3 is 5.11 Å². The highest BCUT2D eigenvalue weighted by Crippen LogP contribution is 2.14. The highest BCUT2D eigenvalue weighted by atomic mass is 16.3. The lowest BCUT2D eigenvalue weighted by Gasteiger charge is -2.21. The molecule has 0 spiro atoms. The van der Waals surface area contributed by atoms with Crippen LogP contribution in [-0.2, 0) is 0 Å². The van der Waals surface area contributed by atoms with E-state index in [0.29, 0.717) is 6.17 Å². The molecule has 0 saturated heterocycles. The maximum absolute atomic E-state index is 9.00. The molecular formula is C18H34N2O. The molecule has 1 aliphatic heterocycles. The fourth-order valence-corrected chi connectivity index (χ4v) is 2.81. The van der Waals surface area contributed by atoms with Gasteiger partial charge >= 0.3 is 0 Å². The van der Waals surface area contributed by atoms with Crippen molar-refractivity contribution in [1.29, 1.82) is 0 Å². The SMILES string of the molecule is CCCCCCCC/C=C/CCCC1N=CCN1CCO.